The molecule has 0 fully saturated rings. The Kier molecular flexibility index (Phi) is 6.34. The summed E-state index contributed by atoms with van der Waals surface area (Å²) in [5.74, 6) is -0.386. The Morgan fingerprint density at radius 1 is 1.35 bits per heavy atom. The Labute approximate surface area is 120 Å². The fourth-order valence-electron chi connectivity index (χ4n) is 1.70. The fraction of sp³-hybridized carbons (Fsp3) is 0.667. The standard InChI is InChI=1S/C12H20N2O5S/c1-9-5-20-11(19)14(9)4-2-3-10(18)13-12(6-15,7-16)8-17/h5,15-17H,2-4,6-8H2,1H3,(H,13,18). The van der Waals surface area contributed by atoms with E-state index in [0.717, 1.165) is 17.0 Å². The van der Waals surface area contributed by atoms with Gasteiger partial charge in [-0.15, -0.1) is 0 Å². The molecule has 4 N–H and O–H groups in total. The maximum atomic E-state index is 11.7. The molecule has 0 spiro atoms. The van der Waals surface area contributed by atoms with E-state index in [-0.39, 0.29) is 17.2 Å². The highest BCUT2D eigenvalue weighted by Gasteiger charge is 2.29. The Balaban J connectivity index is 2.46. The molecule has 7 nitrogen and oxygen atoms in total. The summed E-state index contributed by atoms with van der Waals surface area (Å²) in [6, 6.07) is 0. The Morgan fingerprint density at radius 3 is 2.40 bits per heavy atom. The Hall–Kier alpha value is -1.22. The normalized spacial score (nSPS) is 11.6. The Bertz CT molecular complexity index is 484. The van der Waals surface area contributed by atoms with Crippen LogP contribution in [0.5, 0.6) is 0 Å². The summed E-state index contributed by atoms with van der Waals surface area (Å²) in [6.45, 7) is 0.622. The van der Waals surface area contributed by atoms with Crippen LogP contribution in [0.3, 0.4) is 0 Å². The molecule has 8 heteroatoms. The summed E-state index contributed by atoms with van der Waals surface area (Å²) in [7, 11) is 0. The van der Waals surface area contributed by atoms with E-state index in [2.05, 4.69) is 5.32 Å². The van der Waals surface area contributed by atoms with Crippen LogP contribution in [0.4, 0.5) is 0 Å². The van der Waals surface area contributed by atoms with E-state index in [0.29, 0.717) is 13.0 Å². The van der Waals surface area contributed by atoms with Crippen molar-refractivity contribution < 1.29 is 20.1 Å². The highest BCUT2D eigenvalue weighted by atomic mass is 32.1. The molecule has 0 saturated heterocycles. The predicted octanol–water partition coefficient (Wildman–Crippen LogP) is -1.17. The molecule has 1 rings (SSSR count). The van der Waals surface area contributed by atoms with Crippen molar-refractivity contribution in [3.05, 3.63) is 20.7 Å². The summed E-state index contributed by atoms with van der Waals surface area (Å²) < 4.78 is 1.59. The lowest BCUT2D eigenvalue weighted by molar-refractivity contribution is -0.125. The average molecular weight is 304 g/mol. The summed E-state index contributed by atoms with van der Waals surface area (Å²) in [5, 5.41) is 31.5. The lowest BCUT2D eigenvalue weighted by Crippen LogP contribution is -2.57. The lowest BCUT2D eigenvalue weighted by atomic mass is 10.0. The molecule has 1 heterocycles. The van der Waals surface area contributed by atoms with Gasteiger partial charge in [0.2, 0.25) is 5.91 Å². The molecule has 20 heavy (non-hydrogen) atoms. The predicted molar refractivity (Wildman–Crippen MR) is 74.7 cm³/mol. The topological polar surface area (TPSA) is 112 Å². The van der Waals surface area contributed by atoms with E-state index in [1.54, 1.807) is 9.95 Å². The maximum Gasteiger partial charge on any atom is 0.307 e. The van der Waals surface area contributed by atoms with E-state index < -0.39 is 25.4 Å². The van der Waals surface area contributed by atoms with E-state index in [1.165, 1.54) is 0 Å². The van der Waals surface area contributed by atoms with Gasteiger partial charge in [0.1, 0.15) is 5.54 Å². The number of nitrogens with one attached hydrogen (secondary N) is 1. The van der Waals surface area contributed by atoms with E-state index in [1.807, 2.05) is 6.92 Å². The summed E-state index contributed by atoms with van der Waals surface area (Å²) >= 11 is 1.12. The highest BCUT2D eigenvalue weighted by Crippen LogP contribution is 2.05. The number of thiazole rings is 1. The molecule has 0 unspecified atom stereocenters. The quantitative estimate of drug-likeness (QED) is 0.483. The summed E-state index contributed by atoms with van der Waals surface area (Å²) in [6.07, 6.45) is 0.602. The zero-order valence-electron chi connectivity index (χ0n) is 11.3. The van der Waals surface area contributed by atoms with Crippen LogP contribution in [-0.2, 0) is 11.3 Å². The van der Waals surface area contributed by atoms with Gasteiger partial charge < -0.3 is 25.2 Å². The van der Waals surface area contributed by atoms with Gasteiger partial charge in [-0.05, 0) is 13.3 Å². The zero-order chi connectivity index (χ0) is 15.2. The molecule has 0 aliphatic heterocycles. The van der Waals surface area contributed by atoms with Gasteiger partial charge in [0, 0.05) is 24.0 Å². The third-order valence-electron chi connectivity index (χ3n) is 3.07. The molecular formula is C12H20N2O5S. The average Bonchev–Trinajstić information content (AvgIpc) is 2.76. The van der Waals surface area contributed by atoms with E-state index in [4.69, 9.17) is 15.3 Å². The SMILES string of the molecule is Cc1csc(=O)n1CCCC(=O)NC(CO)(CO)CO. The number of aromatic nitrogens is 1. The number of aliphatic hydroxyl groups excluding tert-OH is 3. The second-order valence-corrected chi connectivity index (χ2v) is 5.52. The van der Waals surface area contributed by atoms with Crippen molar-refractivity contribution in [1.29, 1.82) is 0 Å². The minimum absolute atomic E-state index is 0.0571. The highest BCUT2D eigenvalue weighted by molar-refractivity contribution is 7.07. The number of carbonyl (C=O) groups excluding carboxylic acids is 1. The van der Waals surface area contributed by atoms with Crippen LogP contribution in [0, 0.1) is 6.92 Å². The van der Waals surface area contributed by atoms with Crippen LogP contribution in [0.1, 0.15) is 18.5 Å². The van der Waals surface area contributed by atoms with Gasteiger partial charge in [-0.1, -0.05) is 11.3 Å². The molecule has 0 aromatic carbocycles. The van der Waals surface area contributed by atoms with Gasteiger partial charge in [-0.25, -0.2) is 0 Å². The van der Waals surface area contributed by atoms with Crippen molar-refractivity contribution in [3.8, 4) is 0 Å². The lowest BCUT2D eigenvalue weighted by Gasteiger charge is -2.28. The van der Waals surface area contributed by atoms with Crippen LogP contribution in [0.25, 0.3) is 0 Å². The zero-order valence-corrected chi connectivity index (χ0v) is 12.2. The van der Waals surface area contributed by atoms with Gasteiger partial charge in [0.15, 0.2) is 0 Å². The van der Waals surface area contributed by atoms with E-state index >= 15 is 0 Å². The van der Waals surface area contributed by atoms with Crippen molar-refractivity contribution in [2.45, 2.75) is 31.8 Å². The van der Waals surface area contributed by atoms with Crippen molar-refractivity contribution >= 4 is 17.2 Å². The number of hydrogen-bond acceptors (Lipinski definition) is 6. The van der Waals surface area contributed by atoms with Crippen LogP contribution in [0.2, 0.25) is 0 Å². The molecule has 1 aromatic rings. The van der Waals surface area contributed by atoms with Crippen molar-refractivity contribution in [2.75, 3.05) is 19.8 Å². The first-order chi connectivity index (χ1) is 9.48. The molecule has 0 aliphatic carbocycles. The minimum atomic E-state index is -1.40. The van der Waals surface area contributed by atoms with Gasteiger partial charge in [-0.3, -0.25) is 9.59 Å². The first-order valence-corrected chi connectivity index (χ1v) is 7.14. The number of carbonyl (C=O) groups is 1. The molecular weight excluding hydrogens is 284 g/mol. The summed E-state index contributed by atoms with van der Waals surface area (Å²) in [5.41, 5.74) is -0.539. The van der Waals surface area contributed by atoms with Crippen molar-refractivity contribution in [2.24, 2.45) is 0 Å². The first-order valence-electron chi connectivity index (χ1n) is 6.26. The second kappa shape index (κ2) is 7.53. The molecule has 0 saturated carbocycles. The van der Waals surface area contributed by atoms with Gasteiger partial charge in [0.25, 0.3) is 0 Å². The van der Waals surface area contributed by atoms with Crippen molar-refractivity contribution in [3.63, 3.8) is 0 Å². The number of nitrogens with zero attached hydrogens (tertiary/aromatic N) is 1. The number of amides is 1. The third-order valence-corrected chi connectivity index (χ3v) is 3.96. The smallest absolute Gasteiger partial charge is 0.307 e. The molecule has 1 aromatic heterocycles. The molecule has 0 atom stereocenters. The van der Waals surface area contributed by atoms with Gasteiger partial charge in [-0.2, -0.15) is 0 Å². The van der Waals surface area contributed by atoms with E-state index in [9.17, 15) is 9.59 Å². The Morgan fingerprint density at radius 2 is 1.95 bits per heavy atom. The molecule has 1 amide bonds. The van der Waals surface area contributed by atoms with Gasteiger partial charge >= 0.3 is 4.87 Å². The third kappa shape index (κ3) is 4.14. The van der Waals surface area contributed by atoms with Crippen LogP contribution < -0.4 is 10.2 Å². The number of rotatable bonds is 8. The maximum absolute atomic E-state index is 11.7. The second-order valence-electron chi connectivity index (χ2n) is 4.70. The number of aryl methyl sites for hydroxylation is 1. The largest absolute Gasteiger partial charge is 0.394 e. The van der Waals surface area contributed by atoms with Crippen LogP contribution in [-0.4, -0.2) is 51.2 Å². The monoisotopic (exact) mass is 304 g/mol. The number of hydrogen-bond donors (Lipinski definition) is 4. The van der Waals surface area contributed by atoms with Crippen LogP contribution in [0.15, 0.2) is 10.2 Å². The first kappa shape index (κ1) is 16.8. The molecule has 114 valence electrons. The molecule has 0 bridgehead atoms. The van der Waals surface area contributed by atoms with Crippen LogP contribution >= 0.6 is 11.3 Å². The fourth-order valence-corrected chi connectivity index (χ4v) is 2.46. The minimum Gasteiger partial charge on any atom is -0.394 e. The summed E-state index contributed by atoms with van der Waals surface area (Å²) in [4.78, 5) is 23.1. The van der Waals surface area contributed by atoms with Crippen molar-refractivity contribution in [1.82, 2.24) is 9.88 Å². The molecule has 0 aliphatic rings. The van der Waals surface area contributed by atoms with Gasteiger partial charge in [0.05, 0.1) is 19.8 Å². The number of aliphatic hydroxyl groups is 3. The molecule has 0 radical (unpaired) electrons.